The number of nitrogens with zero attached hydrogens (tertiary/aromatic N) is 2. The Labute approximate surface area is 180 Å². The molecule has 0 bridgehead atoms. The summed E-state index contributed by atoms with van der Waals surface area (Å²) in [6.45, 7) is 9.45. The molecule has 0 aromatic heterocycles. The first kappa shape index (κ1) is 24.0. The van der Waals surface area contributed by atoms with Crippen LogP contribution in [-0.2, 0) is 9.47 Å². The van der Waals surface area contributed by atoms with Crippen molar-refractivity contribution in [3.63, 3.8) is 0 Å². The molecule has 1 unspecified atom stereocenters. The Bertz CT molecular complexity index is 532. The number of carbonyl (C=O) groups excluding carboxylic acids is 1. The van der Waals surface area contributed by atoms with Crippen molar-refractivity contribution in [2.24, 2.45) is 4.99 Å². The highest BCUT2D eigenvalue weighted by molar-refractivity contribution is 14.0. The highest BCUT2D eigenvalue weighted by atomic mass is 127. The van der Waals surface area contributed by atoms with Gasteiger partial charge in [0.1, 0.15) is 5.60 Å². The number of guanidine groups is 1. The summed E-state index contributed by atoms with van der Waals surface area (Å²) in [5, 5.41) is 6.81. The molecule has 0 radical (unpaired) electrons. The van der Waals surface area contributed by atoms with Crippen molar-refractivity contribution in [2.75, 3.05) is 39.9 Å². The zero-order chi connectivity index (χ0) is 19.0. The first-order valence-corrected chi connectivity index (χ1v) is 9.58. The van der Waals surface area contributed by atoms with E-state index in [1.165, 1.54) is 5.57 Å². The lowest BCUT2D eigenvalue weighted by Crippen LogP contribution is -2.53. The normalized spacial score (nSPS) is 21.0. The Kier molecular flexibility index (Phi) is 10.4. The summed E-state index contributed by atoms with van der Waals surface area (Å²) in [4.78, 5) is 18.4. The van der Waals surface area contributed by atoms with Gasteiger partial charge in [-0.25, -0.2) is 4.79 Å². The summed E-state index contributed by atoms with van der Waals surface area (Å²) in [6.07, 6.45) is 5.92. The summed E-state index contributed by atoms with van der Waals surface area (Å²) in [7, 11) is 1.78. The maximum Gasteiger partial charge on any atom is 0.410 e. The zero-order valence-electron chi connectivity index (χ0n) is 17.0. The van der Waals surface area contributed by atoms with Crippen LogP contribution in [0, 0.1) is 0 Å². The van der Waals surface area contributed by atoms with E-state index in [1.807, 2.05) is 20.8 Å². The predicted molar refractivity (Wildman–Crippen MR) is 119 cm³/mol. The third-order valence-corrected chi connectivity index (χ3v) is 4.43. The highest BCUT2D eigenvalue weighted by Gasteiger charge is 2.27. The largest absolute Gasteiger partial charge is 0.444 e. The Morgan fingerprint density at radius 3 is 2.85 bits per heavy atom. The number of hydrogen-bond acceptors (Lipinski definition) is 4. The molecule has 0 aromatic carbocycles. The lowest BCUT2D eigenvalue weighted by molar-refractivity contribution is 0.0193. The standard InChI is InChI=1S/C19H34N4O3.HI/c1-19(2,3)26-18(24)23-11-5-6-16(14-23)22-17(20-4)21-10-7-15-8-12-25-13-9-15;/h8,16H,5-7,9-14H2,1-4H3,(H2,20,21,22);1H. The SMILES string of the molecule is CN=C(NCCC1=CCOCC1)NC1CCCN(C(=O)OC(C)(C)C)C1.I. The van der Waals surface area contributed by atoms with Gasteiger partial charge in [-0.1, -0.05) is 11.6 Å². The van der Waals surface area contributed by atoms with Gasteiger partial charge in [0.25, 0.3) is 0 Å². The second-order valence-corrected chi connectivity index (χ2v) is 7.85. The van der Waals surface area contributed by atoms with E-state index in [1.54, 1.807) is 11.9 Å². The van der Waals surface area contributed by atoms with E-state index in [0.29, 0.717) is 6.54 Å². The van der Waals surface area contributed by atoms with Gasteiger partial charge in [-0.3, -0.25) is 4.99 Å². The van der Waals surface area contributed by atoms with E-state index in [0.717, 1.165) is 57.9 Å². The number of ether oxygens (including phenoxy) is 2. The Hall–Kier alpha value is -1.03. The zero-order valence-corrected chi connectivity index (χ0v) is 19.4. The van der Waals surface area contributed by atoms with E-state index in [-0.39, 0.29) is 36.1 Å². The summed E-state index contributed by atoms with van der Waals surface area (Å²) in [5.41, 5.74) is 0.974. The molecule has 0 aliphatic carbocycles. The fourth-order valence-corrected chi connectivity index (χ4v) is 3.11. The van der Waals surface area contributed by atoms with Crippen molar-refractivity contribution in [2.45, 2.75) is 58.1 Å². The number of piperidine rings is 1. The van der Waals surface area contributed by atoms with Crippen LogP contribution in [0.4, 0.5) is 4.79 Å². The number of aliphatic imine (C=N–C) groups is 1. The number of amides is 1. The van der Waals surface area contributed by atoms with Crippen LogP contribution in [0.25, 0.3) is 0 Å². The van der Waals surface area contributed by atoms with Crippen molar-refractivity contribution in [1.29, 1.82) is 0 Å². The monoisotopic (exact) mass is 494 g/mol. The predicted octanol–water partition coefficient (Wildman–Crippen LogP) is 2.91. The molecule has 156 valence electrons. The third kappa shape index (κ3) is 9.14. The average Bonchev–Trinajstić information content (AvgIpc) is 2.60. The van der Waals surface area contributed by atoms with Crippen LogP contribution >= 0.6 is 24.0 Å². The van der Waals surface area contributed by atoms with Gasteiger partial charge in [0.2, 0.25) is 0 Å². The van der Waals surface area contributed by atoms with E-state index in [9.17, 15) is 4.79 Å². The van der Waals surface area contributed by atoms with Crippen LogP contribution in [0.2, 0.25) is 0 Å². The van der Waals surface area contributed by atoms with Gasteiger partial charge in [-0.15, -0.1) is 24.0 Å². The van der Waals surface area contributed by atoms with Crippen LogP contribution in [0.3, 0.4) is 0 Å². The van der Waals surface area contributed by atoms with Gasteiger partial charge >= 0.3 is 6.09 Å². The van der Waals surface area contributed by atoms with Crippen LogP contribution in [-0.4, -0.2) is 68.5 Å². The number of likely N-dealkylation sites (tertiary alicyclic amines) is 1. The van der Waals surface area contributed by atoms with Crippen LogP contribution in [0.15, 0.2) is 16.6 Å². The highest BCUT2D eigenvalue weighted by Crippen LogP contribution is 2.15. The van der Waals surface area contributed by atoms with Crippen molar-refractivity contribution in [3.8, 4) is 0 Å². The van der Waals surface area contributed by atoms with Crippen molar-refractivity contribution >= 4 is 36.0 Å². The Morgan fingerprint density at radius 1 is 1.44 bits per heavy atom. The number of nitrogens with one attached hydrogen (secondary N) is 2. The molecular weight excluding hydrogens is 459 g/mol. The fraction of sp³-hybridized carbons (Fsp3) is 0.789. The van der Waals surface area contributed by atoms with Crippen LogP contribution < -0.4 is 10.6 Å². The first-order chi connectivity index (χ1) is 12.4. The lowest BCUT2D eigenvalue weighted by Gasteiger charge is -2.35. The molecular formula is C19H35IN4O3. The van der Waals surface area contributed by atoms with Crippen molar-refractivity contribution < 1.29 is 14.3 Å². The molecule has 8 heteroatoms. The minimum absolute atomic E-state index is 0. The number of hydrogen-bond donors (Lipinski definition) is 2. The number of carbonyl (C=O) groups is 1. The molecule has 0 spiro atoms. The molecule has 0 saturated carbocycles. The Balaban J connectivity index is 0.00000364. The molecule has 2 aliphatic heterocycles. The van der Waals surface area contributed by atoms with Gasteiger partial charge in [-0.05, 0) is 46.5 Å². The first-order valence-electron chi connectivity index (χ1n) is 9.58. The van der Waals surface area contributed by atoms with E-state index in [2.05, 4.69) is 21.7 Å². The number of rotatable bonds is 4. The summed E-state index contributed by atoms with van der Waals surface area (Å²) in [6, 6.07) is 0.185. The second kappa shape index (κ2) is 11.7. The molecule has 1 saturated heterocycles. The minimum Gasteiger partial charge on any atom is -0.444 e. The topological polar surface area (TPSA) is 75.2 Å². The summed E-state index contributed by atoms with van der Waals surface area (Å²) in [5.74, 6) is 0.786. The lowest BCUT2D eigenvalue weighted by atomic mass is 10.1. The molecule has 0 aromatic rings. The third-order valence-electron chi connectivity index (χ3n) is 4.43. The van der Waals surface area contributed by atoms with E-state index >= 15 is 0 Å². The molecule has 7 nitrogen and oxygen atoms in total. The van der Waals surface area contributed by atoms with Crippen LogP contribution in [0.5, 0.6) is 0 Å². The molecule has 2 heterocycles. The van der Waals surface area contributed by atoms with Gasteiger partial charge in [-0.2, -0.15) is 0 Å². The van der Waals surface area contributed by atoms with Crippen molar-refractivity contribution in [3.05, 3.63) is 11.6 Å². The molecule has 1 amide bonds. The maximum atomic E-state index is 12.3. The molecule has 1 fully saturated rings. The van der Waals surface area contributed by atoms with Crippen molar-refractivity contribution in [1.82, 2.24) is 15.5 Å². The number of halogens is 1. The van der Waals surface area contributed by atoms with Gasteiger partial charge in [0, 0.05) is 32.7 Å². The Morgan fingerprint density at radius 2 is 2.22 bits per heavy atom. The molecule has 2 rings (SSSR count). The molecule has 1 atom stereocenters. The summed E-state index contributed by atoms with van der Waals surface area (Å²) < 4.78 is 10.8. The van der Waals surface area contributed by atoms with Gasteiger partial charge < -0.3 is 25.0 Å². The van der Waals surface area contributed by atoms with Gasteiger partial charge in [0.05, 0.1) is 13.2 Å². The smallest absolute Gasteiger partial charge is 0.410 e. The van der Waals surface area contributed by atoms with E-state index < -0.39 is 5.60 Å². The summed E-state index contributed by atoms with van der Waals surface area (Å²) >= 11 is 0. The molecule has 2 N–H and O–H groups in total. The second-order valence-electron chi connectivity index (χ2n) is 7.85. The maximum absolute atomic E-state index is 12.3. The van der Waals surface area contributed by atoms with Gasteiger partial charge in [0.15, 0.2) is 5.96 Å². The van der Waals surface area contributed by atoms with Crippen LogP contribution in [0.1, 0.15) is 46.5 Å². The molecule has 27 heavy (non-hydrogen) atoms. The van der Waals surface area contributed by atoms with E-state index in [4.69, 9.17) is 9.47 Å². The molecule has 2 aliphatic rings. The fourth-order valence-electron chi connectivity index (χ4n) is 3.11. The quantitative estimate of drug-likeness (QED) is 0.272. The average molecular weight is 494 g/mol. The minimum atomic E-state index is -0.464.